The molecule has 4 rings (SSSR count). The van der Waals surface area contributed by atoms with Crippen molar-refractivity contribution in [2.45, 2.75) is 45.1 Å². The van der Waals surface area contributed by atoms with Crippen molar-refractivity contribution in [1.82, 2.24) is 14.8 Å². The van der Waals surface area contributed by atoms with Gasteiger partial charge in [-0.05, 0) is 74.6 Å². The van der Waals surface area contributed by atoms with Gasteiger partial charge in [-0.3, -0.25) is 9.59 Å². The van der Waals surface area contributed by atoms with Gasteiger partial charge in [0, 0.05) is 56.0 Å². The summed E-state index contributed by atoms with van der Waals surface area (Å²) >= 11 is 0. The Hall–Kier alpha value is -2.41. The van der Waals surface area contributed by atoms with E-state index in [0.29, 0.717) is 17.4 Å². The highest BCUT2D eigenvalue weighted by Gasteiger charge is 2.31. The molecule has 32 heavy (non-hydrogen) atoms. The largest absolute Gasteiger partial charge is 0.381 e. The molecule has 0 bridgehead atoms. The summed E-state index contributed by atoms with van der Waals surface area (Å²) in [6.07, 6.45) is 5.61. The van der Waals surface area contributed by atoms with Crippen molar-refractivity contribution in [2.24, 2.45) is 18.9 Å². The number of aryl methyl sites for hydroxylation is 1. The molecule has 2 unspecified atom stereocenters. The number of ether oxygens (including phenoxy) is 1. The standard InChI is InChI=1S/C25H34FN3O3/c1-16(24(30)27-11-10-26)28(2)25(31)19-5-7-23-21(15-19)20-14-18(4-6-22(20)29(23)3)17-8-12-32-13-9-17/h5,7,15-18H,4,6,8-14H2,1-3H3,(H,27,30). The number of benzene rings is 1. The van der Waals surface area contributed by atoms with Crippen molar-refractivity contribution in [2.75, 3.05) is 33.5 Å². The Morgan fingerprint density at radius 3 is 2.72 bits per heavy atom. The van der Waals surface area contributed by atoms with Crippen molar-refractivity contribution in [3.8, 4) is 0 Å². The number of halogens is 1. The monoisotopic (exact) mass is 443 g/mol. The number of hydrogen-bond donors (Lipinski definition) is 1. The van der Waals surface area contributed by atoms with Crippen LogP contribution >= 0.6 is 0 Å². The van der Waals surface area contributed by atoms with E-state index in [1.54, 1.807) is 14.0 Å². The number of aromatic nitrogens is 1. The first-order chi connectivity index (χ1) is 15.4. The zero-order valence-electron chi connectivity index (χ0n) is 19.3. The molecular weight excluding hydrogens is 409 g/mol. The molecule has 0 spiro atoms. The summed E-state index contributed by atoms with van der Waals surface area (Å²) in [6.45, 7) is 2.73. The fourth-order valence-electron chi connectivity index (χ4n) is 5.40. The third kappa shape index (κ3) is 4.27. The SMILES string of the molecule is CC(C(=O)NCCF)N(C)C(=O)c1ccc2c(c1)c1c(n2C)CCC(C2CCOCC2)C1. The fourth-order valence-corrected chi connectivity index (χ4v) is 5.40. The van der Waals surface area contributed by atoms with Gasteiger partial charge in [0.1, 0.15) is 12.7 Å². The van der Waals surface area contributed by atoms with Crippen molar-refractivity contribution in [3.05, 3.63) is 35.0 Å². The van der Waals surface area contributed by atoms with Crippen LogP contribution in [0, 0.1) is 11.8 Å². The van der Waals surface area contributed by atoms with Gasteiger partial charge in [-0.15, -0.1) is 0 Å². The number of fused-ring (bicyclic) bond motifs is 3. The molecule has 1 aliphatic carbocycles. The van der Waals surface area contributed by atoms with Gasteiger partial charge >= 0.3 is 0 Å². The summed E-state index contributed by atoms with van der Waals surface area (Å²) in [5, 5.41) is 3.66. The lowest BCUT2D eigenvalue weighted by atomic mass is 9.75. The Kier molecular flexibility index (Phi) is 6.84. The van der Waals surface area contributed by atoms with E-state index in [-0.39, 0.29) is 18.4 Å². The maximum Gasteiger partial charge on any atom is 0.254 e. The van der Waals surface area contributed by atoms with Crippen LogP contribution in [0.2, 0.25) is 0 Å². The van der Waals surface area contributed by atoms with Gasteiger partial charge in [0.05, 0.1) is 0 Å². The maximum absolute atomic E-state index is 13.1. The molecule has 2 amide bonds. The summed E-state index contributed by atoms with van der Waals surface area (Å²) in [4.78, 5) is 26.8. The Morgan fingerprint density at radius 2 is 2.00 bits per heavy atom. The Bertz CT molecular complexity index is 996. The molecule has 1 aromatic carbocycles. The highest BCUT2D eigenvalue weighted by atomic mass is 19.1. The van der Waals surface area contributed by atoms with Crippen LogP contribution in [-0.4, -0.2) is 60.8 Å². The maximum atomic E-state index is 13.1. The minimum Gasteiger partial charge on any atom is -0.381 e. The fraction of sp³-hybridized carbons (Fsp3) is 0.600. The molecule has 2 aliphatic rings. The van der Waals surface area contributed by atoms with E-state index >= 15 is 0 Å². The number of carbonyl (C=O) groups excluding carboxylic acids is 2. The highest BCUT2D eigenvalue weighted by Crippen LogP contribution is 2.39. The number of amides is 2. The van der Waals surface area contributed by atoms with Crippen LogP contribution in [0.3, 0.4) is 0 Å². The zero-order chi connectivity index (χ0) is 22.8. The minimum atomic E-state index is -0.674. The quantitative estimate of drug-likeness (QED) is 0.746. The first-order valence-corrected chi connectivity index (χ1v) is 11.7. The van der Waals surface area contributed by atoms with Gasteiger partial charge in [-0.25, -0.2) is 4.39 Å². The molecule has 2 atom stereocenters. The first-order valence-electron chi connectivity index (χ1n) is 11.7. The van der Waals surface area contributed by atoms with Crippen LogP contribution < -0.4 is 5.32 Å². The van der Waals surface area contributed by atoms with E-state index in [0.717, 1.165) is 49.8 Å². The smallest absolute Gasteiger partial charge is 0.254 e. The molecule has 1 saturated heterocycles. The average Bonchev–Trinajstić information content (AvgIpc) is 3.12. The lowest BCUT2D eigenvalue weighted by Crippen LogP contribution is -2.46. The number of likely N-dealkylation sites (N-methyl/N-ethyl adjacent to an activating group) is 1. The molecule has 1 aromatic heterocycles. The lowest BCUT2D eigenvalue weighted by Gasteiger charge is -2.33. The van der Waals surface area contributed by atoms with E-state index in [1.807, 2.05) is 18.2 Å². The molecule has 6 nitrogen and oxygen atoms in total. The predicted molar refractivity (Wildman–Crippen MR) is 123 cm³/mol. The second-order valence-electron chi connectivity index (χ2n) is 9.24. The van der Waals surface area contributed by atoms with E-state index in [1.165, 1.54) is 22.6 Å². The summed E-state index contributed by atoms with van der Waals surface area (Å²) in [7, 11) is 3.73. The van der Waals surface area contributed by atoms with Crippen LogP contribution in [-0.2, 0) is 29.4 Å². The van der Waals surface area contributed by atoms with Crippen LogP contribution in [0.15, 0.2) is 18.2 Å². The Balaban J connectivity index is 1.59. The van der Waals surface area contributed by atoms with Crippen molar-refractivity contribution < 1.29 is 18.7 Å². The number of alkyl halides is 1. The molecule has 0 saturated carbocycles. The van der Waals surface area contributed by atoms with Gasteiger partial charge in [0.15, 0.2) is 0 Å². The molecule has 1 fully saturated rings. The van der Waals surface area contributed by atoms with Crippen molar-refractivity contribution in [3.63, 3.8) is 0 Å². The van der Waals surface area contributed by atoms with E-state index < -0.39 is 12.7 Å². The van der Waals surface area contributed by atoms with Crippen molar-refractivity contribution in [1.29, 1.82) is 0 Å². The highest BCUT2D eigenvalue weighted by molar-refractivity contribution is 6.01. The first kappa shape index (κ1) is 22.8. The van der Waals surface area contributed by atoms with Crippen LogP contribution in [0.5, 0.6) is 0 Å². The molecular formula is C25H34FN3O3. The van der Waals surface area contributed by atoms with Crippen molar-refractivity contribution >= 4 is 22.7 Å². The van der Waals surface area contributed by atoms with Crippen LogP contribution in [0.1, 0.15) is 47.8 Å². The number of nitrogens with one attached hydrogen (secondary N) is 1. The molecule has 7 heteroatoms. The molecule has 1 N–H and O–H groups in total. The molecule has 174 valence electrons. The third-order valence-corrected chi connectivity index (χ3v) is 7.51. The number of hydrogen-bond acceptors (Lipinski definition) is 3. The van der Waals surface area contributed by atoms with Gasteiger partial charge in [0.2, 0.25) is 5.91 Å². The Morgan fingerprint density at radius 1 is 1.25 bits per heavy atom. The van der Waals surface area contributed by atoms with E-state index in [4.69, 9.17) is 4.74 Å². The number of rotatable bonds is 6. The van der Waals surface area contributed by atoms with E-state index in [9.17, 15) is 14.0 Å². The Labute approximate surface area is 189 Å². The van der Waals surface area contributed by atoms with Crippen LogP contribution in [0.25, 0.3) is 10.9 Å². The van der Waals surface area contributed by atoms with Gasteiger partial charge in [-0.1, -0.05) is 0 Å². The average molecular weight is 444 g/mol. The normalized spacial score (nSPS) is 20.1. The number of carbonyl (C=O) groups is 2. The minimum absolute atomic E-state index is 0.0401. The van der Waals surface area contributed by atoms with Gasteiger partial charge in [0.25, 0.3) is 5.91 Å². The molecule has 2 heterocycles. The topological polar surface area (TPSA) is 63.6 Å². The summed E-state index contributed by atoms with van der Waals surface area (Å²) < 4.78 is 20.2. The number of nitrogens with zero attached hydrogens (tertiary/aromatic N) is 2. The molecule has 1 aliphatic heterocycles. The summed E-state index contributed by atoms with van der Waals surface area (Å²) in [5.41, 5.74) is 4.47. The summed E-state index contributed by atoms with van der Waals surface area (Å²) in [5.74, 6) is 0.824. The molecule has 0 radical (unpaired) electrons. The summed E-state index contributed by atoms with van der Waals surface area (Å²) in [6, 6.07) is 5.18. The van der Waals surface area contributed by atoms with Gasteiger partial charge in [-0.2, -0.15) is 0 Å². The second-order valence-corrected chi connectivity index (χ2v) is 9.24. The lowest BCUT2D eigenvalue weighted by molar-refractivity contribution is -0.124. The van der Waals surface area contributed by atoms with E-state index in [2.05, 4.69) is 16.9 Å². The van der Waals surface area contributed by atoms with Crippen LogP contribution in [0.4, 0.5) is 4.39 Å². The molecule has 2 aromatic rings. The zero-order valence-corrected chi connectivity index (χ0v) is 19.3. The third-order valence-electron chi connectivity index (χ3n) is 7.51. The van der Waals surface area contributed by atoms with Gasteiger partial charge < -0.3 is 19.5 Å². The predicted octanol–water partition coefficient (Wildman–Crippen LogP) is 3.26. The second kappa shape index (κ2) is 9.61.